The lowest BCUT2D eigenvalue weighted by Crippen LogP contribution is -2.36. The number of amides is 1. The van der Waals surface area contributed by atoms with Crippen LogP contribution >= 0.6 is 11.6 Å². The molecule has 1 aromatic carbocycles. The molecule has 0 saturated carbocycles. The fraction of sp³-hybridized carbons (Fsp3) is 0.125. The number of pyridine rings is 2. The molecule has 32 heavy (non-hydrogen) atoms. The third-order valence-electron chi connectivity index (χ3n) is 4.86. The highest BCUT2D eigenvalue weighted by Gasteiger charge is 2.13. The summed E-state index contributed by atoms with van der Waals surface area (Å²) in [5.74, 6) is -0.249. The highest BCUT2D eigenvalue weighted by atomic mass is 35.5. The first-order valence-electron chi connectivity index (χ1n) is 9.94. The van der Waals surface area contributed by atoms with Crippen molar-refractivity contribution in [1.29, 1.82) is 5.26 Å². The summed E-state index contributed by atoms with van der Waals surface area (Å²) in [4.78, 5) is 20.9. The Balaban J connectivity index is 1.38. The van der Waals surface area contributed by atoms with Gasteiger partial charge in [0, 0.05) is 47.5 Å². The normalized spacial score (nSPS) is 11.5. The van der Waals surface area contributed by atoms with Crippen molar-refractivity contribution in [2.45, 2.75) is 19.5 Å². The molecular formula is C24H19ClN6O. The van der Waals surface area contributed by atoms with Gasteiger partial charge in [-0.2, -0.15) is 10.4 Å². The van der Waals surface area contributed by atoms with Gasteiger partial charge in [0.1, 0.15) is 11.8 Å². The number of halogens is 1. The van der Waals surface area contributed by atoms with Gasteiger partial charge in [0.05, 0.1) is 22.8 Å². The van der Waals surface area contributed by atoms with Crippen LogP contribution in [0.3, 0.4) is 0 Å². The van der Waals surface area contributed by atoms with Crippen molar-refractivity contribution in [1.82, 2.24) is 25.1 Å². The van der Waals surface area contributed by atoms with E-state index in [1.54, 1.807) is 41.5 Å². The Morgan fingerprint density at radius 2 is 1.97 bits per heavy atom. The zero-order valence-corrected chi connectivity index (χ0v) is 18.0. The predicted molar refractivity (Wildman–Crippen MR) is 122 cm³/mol. The standard InChI is InChI=1S/C24H19ClN6O/c1-16(15-31-10-8-22(30-31)17-4-5-18(12-26)21(25)11-17)29-24(32)23-7-6-20(14-28-23)19-3-2-9-27-13-19/h2-11,13-14,16H,15H2,1H3,(H,29,32)/t16-/m0/s1. The van der Waals surface area contributed by atoms with E-state index in [1.807, 2.05) is 49.5 Å². The van der Waals surface area contributed by atoms with Crippen molar-refractivity contribution in [3.05, 3.63) is 89.6 Å². The molecule has 0 saturated heterocycles. The van der Waals surface area contributed by atoms with Gasteiger partial charge in [-0.25, -0.2) is 0 Å². The Morgan fingerprint density at radius 3 is 2.66 bits per heavy atom. The lowest BCUT2D eigenvalue weighted by atomic mass is 10.1. The monoisotopic (exact) mass is 442 g/mol. The SMILES string of the molecule is C[C@@H](Cn1ccc(-c2ccc(C#N)c(Cl)c2)n1)NC(=O)c1ccc(-c2cccnc2)cn1. The summed E-state index contributed by atoms with van der Waals surface area (Å²) in [6, 6.07) is 16.3. The van der Waals surface area contributed by atoms with Crippen LogP contribution in [0.1, 0.15) is 23.0 Å². The summed E-state index contributed by atoms with van der Waals surface area (Å²) >= 11 is 6.12. The van der Waals surface area contributed by atoms with Gasteiger partial charge in [0.2, 0.25) is 0 Å². The van der Waals surface area contributed by atoms with Crippen molar-refractivity contribution >= 4 is 17.5 Å². The summed E-state index contributed by atoms with van der Waals surface area (Å²) < 4.78 is 1.76. The number of nitrogens with one attached hydrogen (secondary N) is 1. The molecule has 0 aliphatic carbocycles. The van der Waals surface area contributed by atoms with Gasteiger partial charge in [0.15, 0.2) is 0 Å². The smallest absolute Gasteiger partial charge is 0.270 e. The molecule has 0 aliphatic rings. The van der Waals surface area contributed by atoms with Crippen molar-refractivity contribution in [3.63, 3.8) is 0 Å². The Bertz CT molecular complexity index is 1280. The van der Waals surface area contributed by atoms with E-state index >= 15 is 0 Å². The van der Waals surface area contributed by atoms with Crippen molar-refractivity contribution in [2.75, 3.05) is 0 Å². The summed E-state index contributed by atoms with van der Waals surface area (Å²) in [5.41, 5.74) is 4.17. The average Bonchev–Trinajstić information content (AvgIpc) is 3.28. The van der Waals surface area contributed by atoms with E-state index in [1.165, 1.54) is 0 Å². The Morgan fingerprint density at radius 1 is 1.16 bits per heavy atom. The Kier molecular flexibility index (Phi) is 6.24. The maximum atomic E-state index is 12.6. The fourth-order valence-electron chi connectivity index (χ4n) is 3.24. The van der Waals surface area contributed by atoms with Crippen LogP contribution in [0, 0.1) is 11.3 Å². The lowest BCUT2D eigenvalue weighted by Gasteiger charge is -2.14. The van der Waals surface area contributed by atoms with Crippen molar-refractivity contribution < 1.29 is 4.79 Å². The van der Waals surface area contributed by atoms with Gasteiger partial charge in [0.25, 0.3) is 5.91 Å². The van der Waals surface area contributed by atoms with Gasteiger partial charge in [-0.05, 0) is 37.3 Å². The number of carbonyl (C=O) groups is 1. The summed E-state index contributed by atoms with van der Waals surface area (Å²) in [5, 5.41) is 16.9. The first-order chi connectivity index (χ1) is 15.5. The second-order valence-electron chi connectivity index (χ2n) is 7.28. The second kappa shape index (κ2) is 9.41. The molecule has 1 amide bonds. The molecule has 158 valence electrons. The molecular weight excluding hydrogens is 424 g/mol. The van der Waals surface area contributed by atoms with Crippen LogP contribution in [-0.4, -0.2) is 31.7 Å². The topological polar surface area (TPSA) is 96.5 Å². The van der Waals surface area contributed by atoms with E-state index in [2.05, 4.69) is 20.4 Å². The van der Waals surface area contributed by atoms with Crippen LogP contribution in [0.5, 0.6) is 0 Å². The molecule has 3 heterocycles. The minimum Gasteiger partial charge on any atom is -0.346 e. The quantitative estimate of drug-likeness (QED) is 0.478. The Hall–Kier alpha value is -4.02. The third kappa shape index (κ3) is 4.82. The van der Waals surface area contributed by atoms with E-state index in [9.17, 15) is 4.79 Å². The number of benzene rings is 1. The number of hydrogen-bond acceptors (Lipinski definition) is 5. The molecule has 1 atom stereocenters. The van der Waals surface area contributed by atoms with Crippen LogP contribution in [0.2, 0.25) is 5.02 Å². The Labute approximate surface area is 190 Å². The fourth-order valence-corrected chi connectivity index (χ4v) is 3.46. The van der Waals surface area contributed by atoms with Gasteiger partial charge in [-0.1, -0.05) is 29.8 Å². The molecule has 4 aromatic rings. The second-order valence-corrected chi connectivity index (χ2v) is 7.68. The predicted octanol–water partition coefficient (Wildman–Crippen LogP) is 4.35. The van der Waals surface area contributed by atoms with Crippen LogP contribution in [-0.2, 0) is 6.54 Å². The summed E-state index contributed by atoms with van der Waals surface area (Å²) in [6.07, 6.45) is 6.97. The molecule has 4 rings (SSSR count). The van der Waals surface area contributed by atoms with Gasteiger partial charge < -0.3 is 5.32 Å². The molecule has 0 unspecified atom stereocenters. The van der Waals surface area contributed by atoms with Crippen LogP contribution in [0.4, 0.5) is 0 Å². The first kappa shape index (κ1) is 21.2. The van der Waals surface area contributed by atoms with E-state index in [0.717, 1.165) is 22.4 Å². The molecule has 0 radical (unpaired) electrons. The maximum absolute atomic E-state index is 12.6. The van der Waals surface area contributed by atoms with Crippen LogP contribution in [0.15, 0.2) is 73.3 Å². The molecule has 8 heteroatoms. The number of nitriles is 1. The lowest BCUT2D eigenvalue weighted by molar-refractivity contribution is 0.0931. The number of hydrogen-bond donors (Lipinski definition) is 1. The molecule has 7 nitrogen and oxygen atoms in total. The average molecular weight is 443 g/mol. The van der Waals surface area contributed by atoms with Crippen molar-refractivity contribution in [2.24, 2.45) is 0 Å². The van der Waals surface area contributed by atoms with E-state index in [-0.39, 0.29) is 11.9 Å². The van der Waals surface area contributed by atoms with Gasteiger partial charge in [-0.3, -0.25) is 19.4 Å². The van der Waals surface area contributed by atoms with Gasteiger partial charge >= 0.3 is 0 Å². The minimum absolute atomic E-state index is 0.167. The van der Waals surface area contributed by atoms with Crippen molar-refractivity contribution in [3.8, 4) is 28.5 Å². The van der Waals surface area contributed by atoms with Crippen LogP contribution < -0.4 is 5.32 Å². The minimum atomic E-state index is -0.249. The van der Waals surface area contributed by atoms with Crippen LogP contribution in [0.25, 0.3) is 22.4 Å². The molecule has 3 aromatic heterocycles. The molecule has 0 spiro atoms. The molecule has 0 aliphatic heterocycles. The summed E-state index contributed by atoms with van der Waals surface area (Å²) in [7, 11) is 0. The number of nitrogens with zero attached hydrogens (tertiary/aromatic N) is 5. The number of aromatic nitrogens is 4. The first-order valence-corrected chi connectivity index (χ1v) is 10.3. The zero-order chi connectivity index (χ0) is 22.5. The summed E-state index contributed by atoms with van der Waals surface area (Å²) in [6.45, 7) is 2.39. The van der Waals surface area contributed by atoms with E-state index in [4.69, 9.17) is 16.9 Å². The number of rotatable bonds is 6. The molecule has 1 N–H and O–H groups in total. The van der Waals surface area contributed by atoms with E-state index in [0.29, 0.717) is 22.8 Å². The zero-order valence-electron chi connectivity index (χ0n) is 17.2. The largest absolute Gasteiger partial charge is 0.346 e. The highest BCUT2D eigenvalue weighted by Crippen LogP contribution is 2.24. The molecule has 0 fully saturated rings. The maximum Gasteiger partial charge on any atom is 0.270 e. The van der Waals surface area contributed by atoms with E-state index < -0.39 is 0 Å². The third-order valence-corrected chi connectivity index (χ3v) is 5.17. The highest BCUT2D eigenvalue weighted by molar-refractivity contribution is 6.32. The molecule has 0 bridgehead atoms. The van der Waals surface area contributed by atoms with Gasteiger partial charge in [-0.15, -0.1) is 0 Å². The number of carbonyl (C=O) groups excluding carboxylic acids is 1.